The Morgan fingerprint density at radius 2 is 1.61 bits per heavy atom. The van der Waals surface area contributed by atoms with Gasteiger partial charge >= 0.3 is 6.03 Å². The van der Waals surface area contributed by atoms with Gasteiger partial charge < -0.3 is 19.9 Å². The molecule has 0 bridgehead atoms. The summed E-state index contributed by atoms with van der Waals surface area (Å²) in [5.41, 5.74) is 1.64. The van der Waals surface area contributed by atoms with Crippen LogP contribution in [0.2, 0.25) is 0 Å². The number of halogens is 1. The Kier molecular flexibility index (Phi) is 6.08. The number of hydrogen-bond acceptors (Lipinski definition) is 5. The monoisotopic (exact) mass is 503 g/mol. The number of nitrogens with zero attached hydrogens (tertiary/aromatic N) is 4. The Morgan fingerprint density at radius 1 is 0.879 bits per heavy atom. The molecule has 0 radical (unpaired) electrons. The fourth-order valence-corrected chi connectivity index (χ4v) is 4.18. The fraction of sp³-hybridized carbons (Fsp3) is 0.160. The van der Waals surface area contributed by atoms with Gasteiger partial charge in [0.15, 0.2) is 0 Å². The first kappa shape index (κ1) is 21.2. The number of piperazine rings is 1. The fourth-order valence-electron chi connectivity index (χ4n) is 3.82. The molecule has 0 spiro atoms. The molecule has 1 fully saturated rings. The minimum atomic E-state index is -0.110. The second-order valence-corrected chi connectivity index (χ2v) is 8.62. The van der Waals surface area contributed by atoms with Gasteiger partial charge in [0.25, 0.3) is 0 Å². The zero-order chi connectivity index (χ0) is 22.6. The highest BCUT2D eigenvalue weighted by molar-refractivity contribution is 9.10. The normalized spacial score (nSPS) is 13.7. The van der Waals surface area contributed by atoms with Gasteiger partial charge in [-0.15, -0.1) is 0 Å². The molecule has 166 valence electrons. The van der Waals surface area contributed by atoms with Crippen LogP contribution in [0.4, 0.5) is 16.3 Å². The SMILES string of the molecule is O=C(Nc1ccc(Oc2ccccc2)cc1)N1CCN(c2ncnc3ccc(Br)cc23)CC1. The first-order valence-electron chi connectivity index (χ1n) is 10.7. The van der Waals surface area contributed by atoms with Crippen molar-refractivity contribution in [3.63, 3.8) is 0 Å². The van der Waals surface area contributed by atoms with E-state index in [1.165, 1.54) is 0 Å². The third-order valence-electron chi connectivity index (χ3n) is 5.53. The zero-order valence-corrected chi connectivity index (χ0v) is 19.4. The summed E-state index contributed by atoms with van der Waals surface area (Å²) < 4.78 is 6.79. The molecule has 0 unspecified atom stereocenters. The molecule has 4 aromatic rings. The molecule has 33 heavy (non-hydrogen) atoms. The van der Waals surface area contributed by atoms with Crippen molar-refractivity contribution >= 4 is 44.4 Å². The average Bonchev–Trinajstić information content (AvgIpc) is 2.85. The Balaban J connectivity index is 1.19. The number of ether oxygens (including phenoxy) is 1. The number of carbonyl (C=O) groups excluding carboxylic acids is 1. The molecule has 2 amide bonds. The lowest BCUT2D eigenvalue weighted by atomic mass is 10.2. The van der Waals surface area contributed by atoms with Gasteiger partial charge in [0.2, 0.25) is 0 Å². The van der Waals surface area contributed by atoms with Gasteiger partial charge in [-0.1, -0.05) is 34.1 Å². The molecule has 0 atom stereocenters. The summed E-state index contributed by atoms with van der Waals surface area (Å²) in [5.74, 6) is 2.39. The van der Waals surface area contributed by atoms with E-state index in [2.05, 4.69) is 36.1 Å². The Hall–Kier alpha value is -3.65. The van der Waals surface area contributed by atoms with Crippen molar-refractivity contribution in [3.8, 4) is 11.5 Å². The highest BCUT2D eigenvalue weighted by Gasteiger charge is 2.23. The summed E-state index contributed by atoms with van der Waals surface area (Å²) >= 11 is 3.53. The maximum Gasteiger partial charge on any atom is 0.321 e. The molecular weight excluding hydrogens is 482 g/mol. The molecule has 1 aliphatic heterocycles. The lowest BCUT2D eigenvalue weighted by Crippen LogP contribution is -2.50. The van der Waals surface area contributed by atoms with Gasteiger partial charge in [0, 0.05) is 41.7 Å². The van der Waals surface area contributed by atoms with E-state index >= 15 is 0 Å². The number of hydrogen-bond donors (Lipinski definition) is 1. The van der Waals surface area contributed by atoms with Crippen LogP contribution in [0.25, 0.3) is 10.9 Å². The lowest BCUT2D eigenvalue weighted by molar-refractivity contribution is 0.208. The number of carbonyl (C=O) groups is 1. The average molecular weight is 504 g/mol. The van der Waals surface area contributed by atoms with E-state index in [0.717, 1.165) is 38.4 Å². The summed E-state index contributed by atoms with van der Waals surface area (Å²) in [6.07, 6.45) is 1.59. The van der Waals surface area contributed by atoms with E-state index in [1.807, 2.05) is 77.7 Å². The summed E-state index contributed by atoms with van der Waals surface area (Å²) in [4.78, 5) is 25.7. The van der Waals surface area contributed by atoms with Gasteiger partial charge in [-0.2, -0.15) is 0 Å². The minimum Gasteiger partial charge on any atom is -0.457 e. The highest BCUT2D eigenvalue weighted by atomic mass is 79.9. The highest BCUT2D eigenvalue weighted by Crippen LogP contribution is 2.27. The molecule has 1 N–H and O–H groups in total. The maximum absolute atomic E-state index is 12.8. The van der Waals surface area contributed by atoms with Crippen LogP contribution in [0.3, 0.4) is 0 Å². The van der Waals surface area contributed by atoms with Crippen molar-refractivity contribution < 1.29 is 9.53 Å². The van der Waals surface area contributed by atoms with Crippen LogP contribution >= 0.6 is 15.9 Å². The van der Waals surface area contributed by atoms with Gasteiger partial charge in [-0.05, 0) is 54.6 Å². The predicted octanol–water partition coefficient (Wildman–Crippen LogP) is 5.54. The van der Waals surface area contributed by atoms with Crippen LogP contribution in [0.1, 0.15) is 0 Å². The zero-order valence-electron chi connectivity index (χ0n) is 17.8. The molecule has 7 nitrogen and oxygen atoms in total. The summed E-state index contributed by atoms with van der Waals surface area (Å²) in [6.45, 7) is 2.63. The number of nitrogens with one attached hydrogen (secondary N) is 1. The van der Waals surface area contributed by atoms with Gasteiger partial charge in [0.1, 0.15) is 23.6 Å². The van der Waals surface area contributed by atoms with E-state index in [-0.39, 0.29) is 6.03 Å². The Bertz CT molecular complexity index is 1260. The lowest BCUT2D eigenvalue weighted by Gasteiger charge is -2.35. The van der Waals surface area contributed by atoms with E-state index in [9.17, 15) is 4.79 Å². The van der Waals surface area contributed by atoms with Crippen molar-refractivity contribution in [1.82, 2.24) is 14.9 Å². The van der Waals surface area contributed by atoms with Gasteiger partial charge in [-0.3, -0.25) is 0 Å². The number of aromatic nitrogens is 2. The number of rotatable bonds is 4. The third kappa shape index (κ3) is 4.90. The topological polar surface area (TPSA) is 70.6 Å². The minimum absolute atomic E-state index is 0.110. The van der Waals surface area contributed by atoms with Gasteiger partial charge in [-0.25, -0.2) is 14.8 Å². The first-order chi connectivity index (χ1) is 16.2. The number of urea groups is 1. The van der Waals surface area contributed by atoms with E-state index in [1.54, 1.807) is 6.33 Å². The number of fused-ring (bicyclic) bond motifs is 1. The molecule has 2 heterocycles. The molecule has 5 rings (SSSR count). The van der Waals surface area contributed by atoms with E-state index < -0.39 is 0 Å². The van der Waals surface area contributed by atoms with Crippen LogP contribution in [-0.2, 0) is 0 Å². The molecule has 0 aliphatic carbocycles. The molecule has 1 saturated heterocycles. The van der Waals surface area contributed by atoms with Crippen molar-refractivity contribution in [2.45, 2.75) is 0 Å². The van der Waals surface area contributed by atoms with Crippen molar-refractivity contribution in [1.29, 1.82) is 0 Å². The van der Waals surface area contributed by atoms with Crippen molar-refractivity contribution in [3.05, 3.63) is 83.6 Å². The van der Waals surface area contributed by atoms with Crippen LogP contribution < -0.4 is 15.0 Å². The Labute approximate surface area is 200 Å². The molecular formula is C25H22BrN5O2. The number of para-hydroxylation sites is 1. The summed E-state index contributed by atoms with van der Waals surface area (Å²) in [7, 11) is 0. The first-order valence-corrected chi connectivity index (χ1v) is 11.5. The number of benzene rings is 3. The van der Waals surface area contributed by atoms with E-state index in [4.69, 9.17) is 4.74 Å². The summed E-state index contributed by atoms with van der Waals surface area (Å²) in [5, 5.41) is 3.98. The van der Waals surface area contributed by atoms with Crippen molar-refractivity contribution in [2.24, 2.45) is 0 Å². The maximum atomic E-state index is 12.8. The second-order valence-electron chi connectivity index (χ2n) is 7.70. The molecule has 8 heteroatoms. The van der Waals surface area contributed by atoms with E-state index in [0.29, 0.717) is 26.2 Å². The number of anilines is 2. The molecule has 3 aromatic carbocycles. The second kappa shape index (κ2) is 9.46. The molecule has 1 aliphatic rings. The smallest absolute Gasteiger partial charge is 0.321 e. The molecule has 1 aromatic heterocycles. The van der Waals surface area contributed by atoms with Crippen LogP contribution in [0, 0.1) is 0 Å². The molecule has 0 saturated carbocycles. The predicted molar refractivity (Wildman–Crippen MR) is 133 cm³/mol. The largest absolute Gasteiger partial charge is 0.457 e. The van der Waals surface area contributed by atoms with Crippen molar-refractivity contribution in [2.75, 3.05) is 36.4 Å². The quantitative estimate of drug-likeness (QED) is 0.395. The third-order valence-corrected chi connectivity index (χ3v) is 6.02. The van der Waals surface area contributed by atoms with Crippen LogP contribution in [-0.4, -0.2) is 47.1 Å². The summed E-state index contributed by atoms with van der Waals surface area (Å²) in [6, 6.07) is 22.9. The van der Waals surface area contributed by atoms with Crippen LogP contribution in [0.15, 0.2) is 83.6 Å². The Morgan fingerprint density at radius 3 is 2.36 bits per heavy atom. The standard InChI is InChI=1S/C25H22BrN5O2/c26-18-6-11-23-22(16-18)24(28-17-27-23)30-12-14-31(15-13-30)25(32)29-19-7-9-21(10-8-19)33-20-4-2-1-3-5-20/h1-11,16-17H,12-15H2,(H,29,32). The van der Waals surface area contributed by atoms with Crippen LogP contribution in [0.5, 0.6) is 11.5 Å². The number of amides is 2. The van der Waals surface area contributed by atoms with Gasteiger partial charge in [0.05, 0.1) is 5.52 Å².